The van der Waals surface area contributed by atoms with Gasteiger partial charge >= 0.3 is 0 Å². The number of nitrogens with one attached hydrogen (secondary N) is 1. The summed E-state index contributed by atoms with van der Waals surface area (Å²) in [7, 11) is 0. The Labute approximate surface area is 178 Å². The quantitative estimate of drug-likeness (QED) is 0.152. The van der Waals surface area contributed by atoms with Crippen molar-refractivity contribution in [3.8, 4) is 0 Å². The van der Waals surface area contributed by atoms with E-state index in [9.17, 15) is 0 Å². The van der Waals surface area contributed by atoms with E-state index in [-0.39, 0.29) is 0 Å². The molecule has 0 heterocycles. The van der Waals surface area contributed by atoms with Crippen molar-refractivity contribution in [2.45, 2.75) is 148 Å². The lowest BCUT2D eigenvalue weighted by atomic mass is 10.0. The van der Waals surface area contributed by atoms with E-state index in [1.54, 1.807) is 0 Å². The van der Waals surface area contributed by atoms with Gasteiger partial charge in [-0.25, -0.2) is 0 Å². The van der Waals surface area contributed by atoms with Gasteiger partial charge in [0.05, 0.1) is 0 Å². The molecule has 0 rings (SSSR count). The van der Waals surface area contributed by atoms with Crippen molar-refractivity contribution in [3.05, 3.63) is 0 Å². The van der Waals surface area contributed by atoms with Gasteiger partial charge < -0.3 is 10.4 Å². The van der Waals surface area contributed by atoms with Crippen LogP contribution in [0.1, 0.15) is 148 Å². The van der Waals surface area contributed by atoms with Crippen LogP contribution in [0.5, 0.6) is 0 Å². The molecule has 0 amide bonds. The molecule has 2 N–H and O–H groups in total. The van der Waals surface area contributed by atoms with Gasteiger partial charge in [-0.05, 0) is 32.4 Å². The average molecular weight is 398 g/mol. The molecule has 0 bridgehead atoms. The van der Waals surface area contributed by atoms with Gasteiger partial charge in [-0.15, -0.1) is 0 Å². The topological polar surface area (TPSA) is 32.3 Å². The van der Waals surface area contributed by atoms with Crippen molar-refractivity contribution in [1.29, 1.82) is 0 Å². The summed E-state index contributed by atoms with van der Waals surface area (Å²) >= 11 is 0. The van der Waals surface area contributed by atoms with E-state index in [2.05, 4.69) is 12.2 Å². The lowest BCUT2D eigenvalue weighted by molar-refractivity contribution is 0.282. The van der Waals surface area contributed by atoms with Crippen molar-refractivity contribution in [1.82, 2.24) is 5.32 Å². The van der Waals surface area contributed by atoms with Gasteiger partial charge in [-0.1, -0.05) is 129 Å². The van der Waals surface area contributed by atoms with Crippen molar-refractivity contribution in [2.24, 2.45) is 0 Å². The van der Waals surface area contributed by atoms with Gasteiger partial charge in [0.2, 0.25) is 0 Å². The first-order valence-electron chi connectivity index (χ1n) is 13.2. The maximum absolute atomic E-state index is 8.74. The first kappa shape index (κ1) is 27.9. The van der Waals surface area contributed by atoms with Crippen LogP contribution in [0.3, 0.4) is 0 Å². The van der Waals surface area contributed by atoms with Crippen LogP contribution in [0, 0.1) is 0 Å². The summed E-state index contributed by atoms with van der Waals surface area (Å²) in [4.78, 5) is 0. The van der Waals surface area contributed by atoms with Crippen LogP contribution in [-0.2, 0) is 0 Å². The second-order valence-corrected chi connectivity index (χ2v) is 8.90. The molecule has 0 radical (unpaired) electrons. The summed E-state index contributed by atoms with van der Waals surface area (Å²) in [6, 6.07) is 0. The van der Waals surface area contributed by atoms with Crippen LogP contribution in [0.4, 0.5) is 0 Å². The smallest absolute Gasteiger partial charge is 0.0431 e. The maximum atomic E-state index is 8.74. The Morgan fingerprint density at radius 1 is 0.393 bits per heavy atom. The van der Waals surface area contributed by atoms with Gasteiger partial charge in [0.1, 0.15) is 0 Å². The number of hydrogen-bond acceptors (Lipinski definition) is 2. The van der Waals surface area contributed by atoms with Crippen molar-refractivity contribution < 1.29 is 5.11 Å². The molecule has 0 aliphatic heterocycles. The second-order valence-electron chi connectivity index (χ2n) is 8.90. The van der Waals surface area contributed by atoms with E-state index in [1.165, 1.54) is 148 Å². The van der Waals surface area contributed by atoms with Crippen LogP contribution < -0.4 is 5.32 Å². The maximum Gasteiger partial charge on any atom is 0.0431 e. The third kappa shape index (κ3) is 25.9. The molecule has 0 saturated carbocycles. The average Bonchev–Trinajstić information content (AvgIpc) is 2.71. The van der Waals surface area contributed by atoms with Gasteiger partial charge in [0, 0.05) is 6.61 Å². The predicted octanol–water partition coefficient (Wildman–Crippen LogP) is 8.17. The largest absolute Gasteiger partial charge is 0.396 e. The minimum atomic E-state index is 0.371. The van der Waals surface area contributed by atoms with Crippen LogP contribution >= 0.6 is 0 Å². The summed E-state index contributed by atoms with van der Waals surface area (Å²) in [6.07, 6.45) is 30.5. The summed E-state index contributed by atoms with van der Waals surface area (Å²) in [5.41, 5.74) is 0. The van der Waals surface area contributed by atoms with E-state index >= 15 is 0 Å². The molecule has 0 spiro atoms. The lowest BCUT2D eigenvalue weighted by Gasteiger charge is -2.05. The Morgan fingerprint density at radius 2 is 0.679 bits per heavy atom. The molecule has 0 aliphatic carbocycles. The Bertz CT molecular complexity index is 231. The number of aliphatic hydroxyl groups is 1. The second kappa shape index (κ2) is 26.9. The van der Waals surface area contributed by atoms with Crippen LogP contribution in [0.2, 0.25) is 0 Å². The zero-order valence-corrected chi connectivity index (χ0v) is 19.6. The van der Waals surface area contributed by atoms with Crippen LogP contribution in [0.15, 0.2) is 0 Å². The zero-order chi connectivity index (χ0) is 20.4. The predicted molar refractivity (Wildman–Crippen MR) is 127 cm³/mol. The van der Waals surface area contributed by atoms with Crippen LogP contribution in [0.25, 0.3) is 0 Å². The SMILES string of the molecule is CCCCCCCCCCNCCCCCCCCCCCCCCCCO. The molecule has 0 aliphatic rings. The van der Waals surface area contributed by atoms with Gasteiger partial charge in [-0.2, -0.15) is 0 Å². The van der Waals surface area contributed by atoms with Crippen molar-refractivity contribution >= 4 is 0 Å². The number of aliphatic hydroxyl groups excluding tert-OH is 1. The van der Waals surface area contributed by atoms with E-state index in [1.807, 2.05) is 0 Å². The highest BCUT2D eigenvalue weighted by Crippen LogP contribution is 2.13. The van der Waals surface area contributed by atoms with Crippen LogP contribution in [-0.4, -0.2) is 24.8 Å². The van der Waals surface area contributed by atoms with Gasteiger partial charge in [0.15, 0.2) is 0 Å². The van der Waals surface area contributed by atoms with Gasteiger partial charge in [-0.3, -0.25) is 0 Å². The Hall–Kier alpha value is -0.0800. The van der Waals surface area contributed by atoms with E-state index in [0.29, 0.717) is 6.61 Å². The summed E-state index contributed by atoms with van der Waals surface area (Å²) in [5.74, 6) is 0. The Kier molecular flexibility index (Phi) is 26.8. The lowest BCUT2D eigenvalue weighted by Crippen LogP contribution is -2.16. The van der Waals surface area contributed by atoms with E-state index in [0.717, 1.165) is 6.42 Å². The molecule has 0 aromatic heterocycles. The molecule has 170 valence electrons. The molecule has 0 aromatic carbocycles. The minimum Gasteiger partial charge on any atom is -0.396 e. The Morgan fingerprint density at radius 3 is 1.00 bits per heavy atom. The monoisotopic (exact) mass is 397 g/mol. The third-order valence-electron chi connectivity index (χ3n) is 5.97. The van der Waals surface area contributed by atoms with Crippen molar-refractivity contribution in [3.63, 3.8) is 0 Å². The fourth-order valence-electron chi connectivity index (χ4n) is 3.99. The molecular weight excluding hydrogens is 342 g/mol. The molecule has 0 fully saturated rings. The highest BCUT2D eigenvalue weighted by Gasteiger charge is 1.95. The van der Waals surface area contributed by atoms with E-state index in [4.69, 9.17) is 5.11 Å². The number of rotatable bonds is 25. The molecular formula is C26H55NO. The molecule has 0 saturated heterocycles. The minimum absolute atomic E-state index is 0.371. The Balaban J connectivity index is 2.96. The standard InChI is InChI=1S/C26H55NO/c1-2-3-4-5-6-15-18-21-24-27-25-22-19-16-13-11-9-7-8-10-12-14-17-20-23-26-28/h27-28H,2-26H2,1H3. The molecule has 2 heteroatoms. The highest BCUT2D eigenvalue weighted by atomic mass is 16.2. The normalized spacial score (nSPS) is 11.4. The molecule has 0 aromatic rings. The molecule has 2 nitrogen and oxygen atoms in total. The zero-order valence-electron chi connectivity index (χ0n) is 19.6. The first-order valence-corrected chi connectivity index (χ1v) is 13.2. The number of hydrogen-bond donors (Lipinski definition) is 2. The fraction of sp³-hybridized carbons (Fsp3) is 1.00. The highest BCUT2D eigenvalue weighted by molar-refractivity contribution is 4.53. The summed E-state index contributed by atoms with van der Waals surface area (Å²) in [5, 5.41) is 12.4. The van der Waals surface area contributed by atoms with E-state index < -0.39 is 0 Å². The van der Waals surface area contributed by atoms with Gasteiger partial charge in [0.25, 0.3) is 0 Å². The summed E-state index contributed by atoms with van der Waals surface area (Å²) in [6.45, 7) is 5.13. The molecule has 28 heavy (non-hydrogen) atoms. The summed E-state index contributed by atoms with van der Waals surface area (Å²) < 4.78 is 0. The van der Waals surface area contributed by atoms with Crippen molar-refractivity contribution in [2.75, 3.05) is 19.7 Å². The molecule has 0 atom stereocenters. The fourth-order valence-corrected chi connectivity index (χ4v) is 3.99. The first-order chi connectivity index (χ1) is 13.9. The number of unbranched alkanes of at least 4 members (excludes halogenated alkanes) is 20. The molecule has 0 unspecified atom stereocenters. The third-order valence-corrected chi connectivity index (χ3v) is 5.97.